The molecule has 0 saturated carbocycles. The van der Waals surface area contributed by atoms with E-state index >= 15 is 0 Å². The van der Waals surface area contributed by atoms with Crippen LogP contribution in [-0.4, -0.2) is 39.2 Å². The first-order chi connectivity index (χ1) is 9.00. The van der Waals surface area contributed by atoms with E-state index in [0.717, 1.165) is 5.56 Å². The Morgan fingerprint density at radius 3 is 2.58 bits per heavy atom. The van der Waals surface area contributed by atoms with Crippen molar-refractivity contribution in [3.8, 4) is 0 Å². The van der Waals surface area contributed by atoms with E-state index in [9.17, 15) is 9.00 Å². The topological polar surface area (TPSA) is 49.4 Å². The van der Waals surface area contributed by atoms with Gasteiger partial charge in [0.1, 0.15) is 6.04 Å². The fourth-order valence-corrected chi connectivity index (χ4v) is 3.48. The van der Waals surface area contributed by atoms with Crippen LogP contribution < -0.4 is 5.32 Å². The Labute approximate surface area is 116 Å². The third-order valence-electron chi connectivity index (χ3n) is 3.41. The molecule has 4 nitrogen and oxygen atoms in total. The number of hydrogen-bond donors (Lipinski definition) is 1. The Kier molecular flexibility index (Phi) is 4.37. The quantitative estimate of drug-likeness (QED) is 0.903. The molecule has 1 aliphatic rings. The molecule has 4 unspecified atom stereocenters. The number of benzene rings is 1. The van der Waals surface area contributed by atoms with Gasteiger partial charge in [-0.25, -0.2) is 0 Å². The van der Waals surface area contributed by atoms with Crippen LogP contribution in [0.5, 0.6) is 0 Å². The third kappa shape index (κ3) is 3.04. The van der Waals surface area contributed by atoms with Crippen molar-refractivity contribution in [1.29, 1.82) is 0 Å². The monoisotopic (exact) mass is 280 g/mol. The van der Waals surface area contributed by atoms with Gasteiger partial charge in [-0.3, -0.25) is 14.3 Å². The van der Waals surface area contributed by atoms with Crippen LogP contribution in [0.1, 0.15) is 25.5 Å². The summed E-state index contributed by atoms with van der Waals surface area (Å²) in [6, 6.07) is 9.40. The van der Waals surface area contributed by atoms with E-state index in [-0.39, 0.29) is 24.2 Å². The fraction of sp³-hybridized carbons (Fsp3) is 0.500. The van der Waals surface area contributed by atoms with Crippen LogP contribution >= 0.6 is 0 Å². The second kappa shape index (κ2) is 5.84. The van der Waals surface area contributed by atoms with E-state index in [1.807, 2.05) is 44.2 Å². The molecule has 1 heterocycles. The molecule has 2 rings (SSSR count). The molecule has 19 heavy (non-hydrogen) atoms. The summed E-state index contributed by atoms with van der Waals surface area (Å²) < 4.78 is 11.3. The van der Waals surface area contributed by atoms with Gasteiger partial charge in [-0.2, -0.15) is 0 Å². The minimum Gasteiger partial charge on any atom is -0.322 e. The molecule has 0 spiro atoms. The second-order valence-electron chi connectivity index (χ2n) is 5.02. The van der Waals surface area contributed by atoms with E-state index < -0.39 is 10.8 Å². The smallest absolute Gasteiger partial charge is 0.245 e. The number of carbonyl (C=O) groups excluding carboxylic acids is 1. The molecule has 104 valence electrons. The number of nitrogens with zero attached hydrogens (tertiary/aromatic N) is 1. The highest BCUT2D eigenvalue weighted by Gasteiger charge is 2.39. The van der Waals surface area contributed by atoms with E-state index in [2.05, 4.69) is 5.32 Å². The molecule has 4 atom stereocenters. The lowest BCUT2D eigenvalue weighted by Crippen LogP contribution is -2.43. The highest BCUT2D eigenvalue weighted by atomic mass is 32.2. The van der Waals surface area contributed by atoms with E-state index in [0.29, 0.717) is 5.75 Å². The van der Waals surface area contributed by atoms with Crippen molar-refractivity contribution in [2.75, 3.05) is 12.0 Å². The molecule has 1 N–H and O–H groups in total. The molecule has 1 aromatic rings. The highest BCUT2D eigenvalue weighted by molar-refractivity contribution is 7.84. The van der Waals surface area contributed by atoms with Crippen LogP contribution in [0.3, 0.4) is 0 Å². The molecule has 0 radical (unpaired) electrons. The van der Waals surface area contributed by atoms with Gasteiger partial charge < -0.3 is 4.90 Å². The normalized spacial score (nSPS) is 26.5. The summed E-state index contributed by atoms with van der Waals surface area (Å²) in [4.78, 5) is 14.3. The van der Waals surface area contributed by atoms with Gasteiger partial charge in [0.05, 0.1) is 6.17 Å². The summed E-state index contributed by atoms with van der Waals surface area (Å²) in [6.07, 6.45) is 1.64. The van der Waals surface area contributed by atoms with Crippen LogP contribution in [0.2, 0.25) is 0 Å². The van der Waals surface area contributed by atoms with Crippen LogP contribution in [0, 0.1) is 0 Å². The zero-order valence-electron chi connectivity index (χ0n) is 11.5. The molecule has 0 aromatic heterocycles. The summed E-state index contributed by atoms with van der Waals surface area (Å²) in [7, 11) is -0.899. The van der Waals surface area contributed by atoms with E-state index in [4.69, 9.17) is 0 Å². The molecule has 0 aliphatic carbocycles. The van der Waals surface area contributed by atoms with Crippen LogP contribution in [0.4, 0.5) is 0 Å². The van der Waals surface area contributed by atoms with Crippen molar-refractivity contribution >= 4 is 16.7 Å². The average Bonchev–Trinajstić information content (AvgIpc) is 2.65. The standard InChI is InChI=1S/C14H20N2O2S/c1-10(9-19(3)18)16-11(2)15-13(14(16)17)12-7-5-4-6-8-12/h4-8,10-11,13,15H,9H2,1-3H3. The van der Waals surface area contributed by atoms with Gasteiger partial charge in [0, 0.05) is 28.9 Å². The molecule has 5 heteroatoms. The molecule has 1 amide bonds. The molecule has 1 aliphatic heterocycles. The molecule has 0 bridgehead atoms. The Balaban J connectivity index is 2.17. The Morgan fingerprint density at radius 1 is 1.37 bits per heavy atom. The lowest BCUT2D eigenvalue weighted by molar-refractivity contribution is -0.131. The minimum atomic E-state index is -0.899. The second-order valence-corrected chi connectivity index (χ2v) is 6.50. The van der Waals surface area contributed by atoms with Gasteiger partial charge in [-0.15, -0.1) is 0 Å². The van der Waals surface area contributed by atoms with Gasteiger partial charge >= 0.3 is 0 Å². The SMILES string of the molecule is CC(CS(C)=O)N1C(=O)C(c2ccccc2)NC1C. The van der Waals surface area contributed by atoms with Gasteiger partial charge in [0.15, 0.2) is 0 Å². The first kappa shape index (κ1) is 14.2. The molecular formula is C14H20N2O2S. The van der Waals surface area contributed by atoms with Crippen molar-refractivity contribution < 1.29 is 9.00 Å². The van der Waals surface area contributed by atoms with Gasteiger partial charge in [-0.05, 0) is 19.4 Å². The van der Waals surface area contributed by atoms with Gasteiger partial charge in [0.2, 0.25) is 5.91 Å². The van der Waals surface area contributed by atoms with Crippen molar-refractivity contribution in [2.24, 2.45) is 0 Å². The van der Waals surface area contributed by atoms with Crippen molar-refractivity contribution in [2.45, 2.75) is 32.1 Å². The minimum absolute atomic E-state index is 0.0189. The average molecular weight is 280 g/mol. The lowest BCUT2D eigenvalue weighted by Gasteiger charge is -2.27. The Hall–Kier alpha value is -1.20. The maximum absolute atomic E-state index is 12.5. The highest BCUT2D eigenvalue weighted by Crippen LogP contribution is 2.25. The largest absolute Gasteiger partial charge is 0.322 e. The van der Waals surface area contributed by atoms with Crippen molar-refractivity contribution in [3.05, 3.63) is 35.9 Å². The summed E-state index contributed by atoms with van der Waals surface area (Å²) in [5.41, 5.74) is 0.978. The summed E-state index contributed by atoms with van der Waals surface area (Å²) in [6.45, 7) is 3.92. The molecule has 1 fully saturated rings. The first-order valence-electron chi connectivity index (χ1n) is 6.44. The lowest BCUT2D eigenvalue weighted by atomic mass is 10.1. The summed E-state index contributed by atoms with van der Waals surface area (Å²) in [5.74, 6) is 0.580. The third-order valence-corrected chi connectivity index (χ3v) is 4.36. The number of carbonyl (C=O) groups is 1. The number of amides is 1. The molecular weight excluding hydrogens is 260 g/mol. The van der Waals surface area contributed by atoms with Crippen molar-refractivity contribution in [3.63, 3.8) is 0 Å². The molecule has 1 aromatic carbocycles. The zero-order chi connectivity index (χ0) is 14.0. The van der Waals surface area contributed by atoms with Gasteiger partial charge in [0.25, 0.3) is 0 Å². The summed E-state index contributed by atoms with van der Waals surface area (Å²) >= 11 is 0. The zero-order valence-corrected chi connectivity index (χ0v) is 12.3. The number of hydrogen-bond acceptors (Lipinski definition) is 3. The van der Waals surface area contributed by atoms with E-state index in [1.165, 1.54) is 0 Å². The predicted molar refractivity (Wildman–Crippen MR) is 77.0 cm³/mol. The van der Waals surface area contributed by atoms with Crippen LogP contribution in [-0.2, 0) is 15.6 Å². The Morgan fingerprint density at radius 2 is 2.00 bits per heavy atom. The maximum atomic E-state index is 12.5. The van der Waals surface area contributed by atoms with Crippen LogP contribution in [0.15, 0.2) is 30.3 Å². The first-order valence-corrected chi connectivity index (χ1v) is 8.16. The van der Waals surface area contributed by atoms with Crippen LogP contribution in [0.25, 0.3) is 0 Å². The number of rotatable bonds is 4. The molecule has 1 saturated heterocycles. The Bertz CT molecular complexity index is 478. The predicted octanol–water partition coefficient (Wildman–Crippen LogP) is 1.27. The van der Waals surface area contributed by atoms with Gasteiger partial charge in [-0.1, -0.05) is 30.3 Å². The fourth-order valence-electron chi connectivity index (χ4n) is 2.64. The maximum Gasteiger partial charge on any atom is 0.245 e. The summed E-state index contributed by atoms with van der Waals surface area (Å²) in [5, 5.41) is 3.30. The number of nitrogens with one attached hydrogen (secondary N) is 1. The van der Waals surface area contributed by atoms with Crippen molar-refractivity contribution in [1.82, 2.24) is 10.2 Å². The van der Waals surface area contributed by atoms with E-state index in [1.54, 1.807) is 11.2 Å².